The standard InChI is InChI=1S/C29H33BrClN3O5S/c1-4-5-17-32-29(36)21(2)33(19-22-9-11-23(30)12-10-22)28(35)20-34(25-8-6-7-24(31)18-25)40(37,38)27-15-13-26(39-3)14-16-27/h6-16,18,21H,4-5,17,19-20H2,1-3H3,(H,32,36). The number of hydrogen-bond donors (Lipinski definition) is 1. The zero-order chi connectivity index (χ0) is 29.3. The zero-order valence-electron chi connectivity index (χ0n) is 22.6. The van der Waals surface area contributed by atoms with Crippen LogP contribution in [0.3, 0.4) is 0 Å². The maximum absolute atomic E-state index is 13.9. The maximum Gasteiger partial charge on any atom is 0.264 e. The lowest BCUT2D eigenvalue weighted by atomic mass is 10.1. The number of halogens is 2. The molecule has 0 aliphatic carbocycles. The first-order valence-corrected chi connectivity index (χ1v) is 15.4. The SMILES string of the molecule is CCCCNC(=O)C(C)N(Cc1ccc(Br)cc1)C(=O)CN(c1cccc(Cl)c1)S(=O)(=O)c1ccc(OC)cc1. The van der Waals surface area contributed by atoms with Gasteiger partial charge in [0.2, 0.25) is 11.8 Å². The fourth-order valence-electron chi connectivity index (χ4n) is 3.94. The van der Waals surface area contributed by atoms with E-state index in [4.69, 9.17) is 16.3 Å². The Kier molecular flexibility index (Phi) is 11.4. The van der Waals surface area contributed by atoms with E-state index < -0.39 is 28.5 Å². The largest absolute Gasteiger partial charge is 0.497 e. The van der Waals surface area contributed by atoms with E-state index in [2.05, 4.69) is 21.2 Å². The number of rotatable bonds is 13. The van der Waals surface area contributed by atoms with Crippen molar-refractivity contribution >= 4 is 55.1 Å². The van der Waals surface area contributed by atoms with Gasteiger partial charge in [0, 0.05) is 22.6 Å². The van der Waals surface area contributed by atoms with Gasteiger partial charge in [-0.3, -0.25) is 13.9 Å². The summed E-state index contributed by atoms with van der Waals surface area (Å²) in [5.74, 6) is -0.364. The van der Waals surface area contributed by atoms with Gasteiger partial charge in [0.25, 0.3) is 10.0 Å². The Morgan fingerprint density at radius 3 is 2.33 bits per heavy atom. The second-order valence-corrected chi connectivity index (χ2v) is 12.4. The van der Waals surface area contributed by atoms with Gasteiger partial charge in [-0.2, -0.15) is 0 Å². The van der Waals surface area contributed by atoms with Crippen molar-refractivity contribution in [2.75, 3.05) is 24.5 Å². The second kappa shape index (κ2) is 14.5. The number of unbranched alkanes of at least 4 members (excludes halogenated alkanes) is 1. The predicted molar refractivity (Wildman–Crippen MR) is 161 cm³/mol. The van der Waals surface area contributed by atoms with Crippen LogP contribution in [0.15, 0.2) is 82.2 Å². The highest BCUT2D eigenvalue weighted by molar-refractivity contribution is 9.10. The van der Waals surface area contributed by atoms with Crippen molar-refractivity contribution in [1.29, 1.82) is 0 Å². The molecule has 0 aliphatic rings. The van der Waals surface area contributed by atoms with E-state index in [1.54, 1.807) is 25.1 Å². The number of hydrogen-bond acceptors (Lipinski definition) is 5. The molecule has 0 bridgehead atoms. The Morgan fingerprint density at radius 1 is 1.05 bits per heavy atom. The lowest BCUT2D eigenvalue weighted by Crippen LogP contribution is -2.51. The number of nitrogens with one attached hydrogen (secondary N) is 1. The molecule has 0 spiro atoms. The molecular formula is C29H33BrClN3O5S. The van der Waals surface area contributed by atoms with Crippen LogP contribution in [0.25, 0.3) is 0 Å². The average Bonchev–Trinajstić information content (AvgIpc) is 2.95. The highest BCUT2D eigenvalue weighted by atomic mass is 79.9. The molecule has 214 valence electrons. The molecule has 0 radical (unpaired) electrons. The zero-order valence-corrected chi connectivity index (χ0v) is 25.8. The summed E-state index contributed by atoms with van der Waals surface area (Å²) in [5, 5.41) is 3.19. The number of methoxy groups -OCH3 is 1. The summed E-state index contributed by atoms with van der Waals surface area (Å²) in [4.78, 5) is 28.3. The number of sulfonamides is 1. The molecule has 2 amide bonds. The van der Waals surface area contributed by atoms with Gasteiger partial charge in [-0.25, -0.2) is 8.42 Å². The van der Waals surface area contributed by atoms with E-state index in [1.165, 1.54) is 42.3 Å². The minimum atomic E-state index is -4.20. The Morgan fingerprint density at radius 2 is 1.73 bits per heavy atom. The number of amides is 2. The van der Waals surface area contributed by atoms with Crippen LogP contribution < -0.4 is 14.4 Å². The Hall–Kier alpha value is -3.08. The van der Waals surface area contributed by atoms with Gasteiger partial charge in [-0.15, -0.1) is 0 Å². The molecule has 1 atom stereocenters. The smallest absolute Gasteiger partial charge is 0.264 e. The first kappa shape index (κ1) is 31.4. The molecule has 3 aromatic carbocycles. The molecule has 0 fully saturated rings. The van der Waals surface area contributed by atoms with Crippen molar-refractivity contribution in [2.45, 2.75) is 44.2 Å². The van der Waals surface area contributed by atoms with E-state index >= 15 is 0 Å². The Labute approximate surface area is 249 Å². The molecule has 3 aromatic rings. The third kappa shape index (κ3) is 8.22. The fourth-order valence-corrected chi connectivity index (χ4v) is 5.79. The number of carbonyl (C=O) groups excluding carboxylic acids is 2. The van der Waals surface area contributed by atoms with Crippen LogP contribution >= 0.6 is 27.5 Å². The first-order chi connectivity index (χ1) is 19.1. The lowest BCUT2D eigenvalue weighted by molar-refractivity contribution is -0.139. The summed E-state index contributed by atoms with van der Waals surface area (Å²) in [6.07, 6.45) is 1.72. The van der Waals surface area contributed by atoms with Crippen LogP contribution in [-0.4, -0.2) is 51.4 Å². The summed E-state index contributed by atoms with van der Waals surface area (Å²) < 4.78 is 34.8. The van der Waals surface area contributed by atoms with Gasteiger partial charge in [-0.1, -0.05) is 59.1 Å². The summed E-state index contributed by atoms with van der Waals surface area (Å²) in [5.41, 5.74) is 1.01. The maximum atomic E-state index is 13.9. The molecule has 8 nitrogen and oxygen atoms in total. The fraction of sp³-hybridized carbons (Fsp3) is 0.310. The first-order valence-electron chi connectivity index (χ1n) is 12.8. The van der Waals surface area contributed by atoms with Crippen LogP contribution in [-0.2, 0) is 26.2 Å². The van der Waals surface area contributed by atoms with E-state index in [-0.39, 0.29) is 23.0 Å². The summed E-state index contributed by atoms with van der Waals surface area (Å²) in [6.45, 7) is 3.71. The van der Waals surface area contributed by atoms with Gasteiger partial charge >= 0.3 is 0 Å². The highest BCUT2D eigenvalue weighted by Gasteiger charge is 2.32. The van der Waals surface area contributed by atoms with E-state index in [0.717, 1.165) is 27.2 Å². The van der Waals surface area contributed by atoms with Gasteiger partial charge in [0.15, 0.2) is 0 Å². The monoisotopic (exact) mass is 649 g/mol. The molecule has 0 saturated heterocycles. The third-order valence-electron chi connectivity index (χ3n) is 6.29. The molecule has 0 heterocycles. The van der Waals surface area contributed by atoms with E-state index in [9.17, 15) is 18.0 Å². The predicted octanol–water partition coefficient (Wildman–Crippen LogP) is 5.64. The van der Waals surface area contributed by atoms with Crippen molar-refractivity contribution in [3.63, 3.8) is 0 Å². The van der Waals surface area contributed by atoms with Gasteiger partial charge in [0.1, 0.15) is 18.3 Å². The molecule has 1 N–H and O–H groups in total. The van der Waals surface area contributed by atoms with E-state index in [1.807, 2.05) is 31.2 Å². The van der Waals surface area contributed by atoms with Crippen LogP contribution in [0, 0.1) is 0 Å². The Balaban J connectivity index is 2.00. The summed E-state index contributed by atoms with van der Waals surface area (Å²) >= 11 is 9.61. The van der Waals surface area contributed by atoms with Gasteiger partial charge in [-0.05, 0) is 73.5 Å². The molecule has 3 rings (SSSR count). The van der Waals surface area contributed by atoms with Crippen molar-refractivity contribution < 1.29 is 22.7 Å². The van der Waals surface area contributed by atoms with Crippen molar-refractivity contribution in [1.82, 2.24) is 10.2 Å². The van der Waals surface area contributed by atoms with Crippen molar-refractivity contribution in [2.24, 2.45) is 0 Å². The third-order valence-corrected chi connectivity index (χ3v) is 8.84. The number of anilines is 1. The molecule has 11 heteroatoms. The van der Waals surface area contributed by atoms with Crippen LogP contribution in [0.1, 0.15) is 32.3 Å². The number of carbonyl (C=O) groups is 2. The molecule has 40 heavy (non-hydrogen) atoms. The lowest BCUT2D eigenvalue weighted by Gasteiger charge is -2.32. The number of ether oxygens (including phenoxy) is 1. The molecule has 0 saturated carbocycles. The van der Waals surface area contributed by atoms with Crippen LogP contribution in [0.4, 0.5) is 5.69 Å². The van der Waals surface area contributed by atoms with Gasteiger partial charge < -0.3 is 15.0 Å². The van der Waals surface area contributed by atoms with Crippen molar-refractivity contribution in [3.05, 3.63) is 87.9 Å². The molecule has 0 aromatic heterocycles. The molecular weight excluding hydrogens is 618 g/mol. The Bertz CT molecular complexity index is 1400. The summed E-state index contributed by atoms with van der Waals surface area (Å²) in [6, 6.07) is 18.7. The second-order valence-electron chi connectivity index (χ2n) is 9.14. The van der Waals surface area contributed by atoms with Crippen LogP contribution in [0.2, 0.25) is 5.02 Å². The normalized spacial score (nSPS) is 11.9. The highest BCUT2D eigenvalue weighted by Crippen LogP contribution is 2.28. The molecule has 0 aliphatic heterocycles. The van der Waals surface area contributed by atoms with E-state index in [0.29, 0.717) is 17.3 Å². The number of benzene rings is 3. The quantitative estimate of drug-likeness (QED) is 0.242. The van der Waals surface area contributed by atoms with Crippen LogP contribution in [0.5, 0.6) is 5.75 Å². The van der Waals surface area contributed by atoms with Gasteiger partial charge in [0.05, 0.1) is 17.7 Å². The topological polar surface area (TPSA) is 96.0 Å². The molecule has 1 unspecified atom stereocenters. The average molecular weight is 651 g/mol. The minimum absolute atomic E-state index is 0.0223. The van der Waals surface area contributed by atoms with Crippen molar-refractivity contribution in [3.8, 4) is 5.75 Å². The summed E-state index contributed by atoms with van der Waals surface area (Å²) in [7, 11) is -2.72. The minimum Gasteiger partial charge on any atom is -0.497 e. The number of nitrogens with zero attached hydrogens (tertiary/aromatic N) is 2.